The van der Waals surface area contributed by atoms with E-state index in [0.717, 1.165) is 22.4 Å². The molecule has 102 valence electrons. The molecule has 7 heteroatoms. The molecule has 2 aromatic rings. The van der Waals surface area contributed by atoms with Gasteiger partial charge in [0.15, 0.2) is 5.16 Å². The van der Waals surface area contributed by atoms with E-state index in [-0.39, 0.29) is 0 Å². The van der Waals surface area contributed by atoms with Gasteiger partial charge in [0, 0.05) is 24.5 Å². The molecule has 6 nitrogen and oxygen atoms in total. The van der Waals surface area contributed by atoms with Gasteiger partial charge in [0.1, 0.15) is 5.82 Å². The maximum Gasteiger partial charge on any atom is 0.191 e. The van der Waals surface area contributed by atoms with Gasteiger partial charge >= 0.3 is 0 Å². The van der Waals surface area contributed by atoms with Crippen LogP contribution in [0.4, 0.5) is 0 Å². The SMILES string of the molecule is Cc1cc(CSc2nnc(CN)n2C2CC2)n(C)n1. The molecule has 1 aliphatic rings. The van der Waals surface area contributed by atoms with Crippen molar-refractivity contribution in [3.63, 3.8) is 0 Å². The van der Waals surface area contributed by atoms with E-state index in [4.69, 9.17) is 5.73 Å². The Morgan fingerprint density at radius 2 is 2.21 bits per heavy atom. The summed E-state index contributed by atoms with van der Waals surface area (Å²) in [6, 6.07) is 2.67. The molecule has 19 heavy (non-hydrogen) atoms. The van der Waals surface area contributed by atoms with Crippen LogP contribution < -0.4 is 5.73 Å². The number of aromatic nitrogens is 5. The molecular weight excluding hydrogens is 260 g/mol. The zero-order valence-electron chi connectivity index (χ0n) is 11.2. The van der Waals surface area contributed by atoms with Gasteiger partial charge in [0.05, 0.1) is 12.2 Å². The molecule has 2 heterocycles. The van der Waals surface area contributed by atoms with E-state index in [1.54, 1.807) is 11.8 Å². The van der Waals surface area contributed by atoms with Crippen LogP contribution in [-0.2, 0) is 19.3 Å². The monoisotopic (exact) mass is 278 g/mol. The minimum absolute atomic E-state index is 0.453. The van der Waals surface area contributed by atoms with E-state index in [0.29, 0.717) is 12.6 Å². The fourth-order valence-electron chi connectivity index (χ4n) is 2.18. The van der Waals surface area contributed by atoms with E-state index in [2.05, 4.69) is 25.9 Å². The van der Waals surface area contributed by atoms with Gasteiger partial charge in [-0.15, -0.1) is 10.2 Å². The summed E-state index contributed by atoms with van der Waals surface area (Å²) in [6.07, 6.45) is 2.42. The average Bonchev–Trinajstić information content (AvgIpc) is 3.06. The van der Waals surface area contributed by atoms with Gasteiger partial charge in [-0.05, 0) is 25.8 Å². The molecule has 0 spiro atoms. The Morgan fingerprint density at radius 3 is 2.79 bits per heavy atom. The third-order valence-electron chi connectivity index (χ3n) is 3.28. The molecule has 0 aromatic carbocycles. The van der Waals surface area contributed by atoms with Crippen LogP contribution >= 0.6 is 11.8 Å². The van der Waals surface area contributed by atoms with E-state index in [1.165, 1.54) is 18.5 Å². The molecule has 0 aliphatic heterocycles. The number of hydrogen-bond acceptors (Lipinski definition) is 5. The predicted molar refractivity (Wildman–Crippen MR) is 73.7 cm³/mol. The highest BCUT2D eigenvalue weighted by Crippen LogP contribution is 2.39. The van der Waals surface area contributed by atoms with E-state index >= 15 is 0 Å². The first-order valence-corrected chi connectivity index (χ1v) is 7.43. The number of hydrogen-bond donors (Lipinski definition) is 1. The third-order valence-corrected chi connectivity index (χ3v) is 4.25. The molecule has 1 aliphatic carbocycles. The Kier molecular flexibility index (Phi) is 3.32. The highest BCUT2D eigenvalue weighted by Gasteiger charge is 2.29. The molecule has 0 bridgehead atoms. The lowest BCUT2D eigenvalue weighted by molar-refractivity contribution is 0.626. The molecule has 1 fully saturated rings. The van der Waals surface area contributed by atoms with E-state index < -0.39 is 0 Å². The highest BCUT2D eigenvalue weighted by molar-refractivity contribution is 7.98. The van der Waals surface area contributed by atoms with Gasteiger partial charge in [0.25, 0.3) is 0 Å². The van der Waals surface area contributed by atoms with Gasteiger partial charge < -0.3 is 10.3 Å². The second kappa shape index (κ2) is 4.97. The second-order valence-corrected chi connectivity index (χ2v) is 5.84. The first-order valence-electron chi connectivity index (χ1n) is 6.45. The Morgan fingerprint density at radius 1 is 1.42 bits per heavy atom. The molecule has 2 aromatic heterocycles. The Labute approximate surface area is 116 Å². The zero-order chi connectivity index (χ0) is 13.4. The summed E-state index contributed by atoms with van der Waals surface area (Å²) in [4.78, 5) is 0. The number of rotatable bonds is 5. The van der Waals surface area contributed by atoms with Crippen molar-refractivity contribution in [2.45, 2.75) is 43.3 Å². The van der Waals surface area contributed by atoms with Gasteiger partial charge in [0.2, 0.25) is 0 Å². The largest absolute Gasteiger partial charge is 0.324 e. The minimum Gasteiger partial charge on any atom is -0.324 e. The van der Waals surface area contributed by atoms with Gasteiger partial charge in [-0.1, -0.05) is 11.8 Å². The van der Waals surface area contributed by atoms with Crippen molar-refractivity contribution in [2.75, 3.05) is 0 Å². The maximum absolute atomic E-state index is 5.72. The first-order chi connectivity index (χ1) is 9.19. The Hall–Kier alpha value is -1.34. The van der Waals surface area contributed by atoms with Crippen LogP contribution in [0.25, 0.3) is 0 Å². The molecule has 0 saturated heterocycles. The van der Waals surface area contributed by atoms with Crippen LogP contribution in [0, 0.1) is 6.92 Å². The van der Waals surface area contributed by atoms with Crippen molar-refractivity contribution in [3.8, 4) is 0 Å². The quantitative estimate of drug-likeness (QED) is 0.837. The smallest absolute Gasteiger partial charge is 0.191 e. The lowest BCUT2D eigenvalue weighted by Crippen LogP contribution is -2.08. The van der Waals surface area contributed by atoms with Gasteiger partial charge in [-0.2, -0.15) is 5.10 Å². The van der Waals surface area contributed by atoms with Gasteiger partial charge in [-0.3, -0.25) is 4.68 Å². The molecule has 0 atom stereocenters. The van der Waals surface area contributed by atoms with Crippen molar-refractivity contribution in [2.24, 2.45) is 12.8 Å². The molecule has 0 amide bonds. The van der Waals surface area contributed by atoms with Crippen molar-refractivity contribution >= 4 is 11.8 Å². The van der Waals surface area contributed by atoms with Crippen LogP contribution in [0.5, 0.6) is 0 Å². The third kappa shape index (κ3) is 2.52. The van der Waals surface area contributed by atoms with Crippen LogP contribution in [0.3, 0.4) is 0 Å². The normalized spacial score (nSPS) is 15.1. The Bertz CT molecular complexity index is 583. The molecule has 1 saturated carbocycles. The topological polar surface area (TPSA) is 74.5 Å². The van der Waals surface area contributed by atoms with E-state index in [1.807, 2.05) is 18.7 Å². The summed E-state index contributed by atoms with van der Waals surface area (Å²) in [6.45, 7) is 2.46. The minimum atomic E-state index is 0.453. The fraction of sp³-hybridized carbons (Fsp3) is 0.583. The van der Waals surface area contributed by atoms with Crippen molar-refractivity contribution < 1.29 is 0 Å². The standard InChI is InChI=1S/C12H18N6S/c1-8-5-10(17(2)16-8)7-19-12-15-14-11(6-13)18(12)9-3-4-9/h5,9H,3-4,6-7,13H2,1-2H3. The molecule has 2 N–H and O–H groups in total. The van der Waals surface area contributed by atoms with E-state index in [9.17, 15) is 0 Å². The summed E-state index contributed by atoms with van der Waals surface area (Å²) < 4.78 is 4.12. The maximum atomic E-state index is 5.72. The predicted octanol–water partition coefficient (Wildman–Crippen LogP) is 1.41. The lowest BCUT2D eigenvalue weighted by atomic mass is 10.4. The highest BCUT2D eigenvalue weighted by atomic mass is 32.2. The van der Waals surface area contributed by atoms with Crippen molar-refractivity contribution in [3.05, 3.63) is 23.3 Å². The summed E-state index contributed by atoms with van der Waals surface area (Å²) in [7, 11) is 1.97. The van der Waals surface area contributed by atoms with Crippen LogP contribution in [0.15, 0.2) is 11.2 Å². The van der Waals surface area contributed by atoms with Gasteiger partial charge in [-0.25, -0.2) is 0 Å². The first kappa shape index (κ1) is 12.7. The Balaban J connectivity index is 1.76. The molecule has 0 radical (unpaired) electrons. The number of nitrogens with zero attached hydrogens (tertiary/aromatic N) is 5. The fourth-order valence-corrected chi connectivity index (χ4v) is 3.22. The zero-order valence-corrected chi connectivity index (χ0v) is 12.0. The molecule has 0 unspecified atom stereocenters. The lowest BCUT2D eigenvalue weighted by Gasteiger charge is -2.07. The van der Waals surface area contributed by atoms with Crippen molar-refractivity contribution in [1.29, 1.82) is 0 Å². The summed E-state index contributed by atoms with van der Waals surface area (Å²) in [5.41, 5.74) is 7.96. The van der Waals surface area contributed by atoms with Crippen LogP contribution in [0.2, 0.25) is 0 Å². The van der Waals surface area contributed by atoms with Crippen LogP contribution in [-0.4, -0.2) is 24.5 Å². The van der Waals surface area contributed by atoms with Crippen molar-refractivity contribution in [1.82, 2.24) is 24.5 Å². The summed E-state index contributed by atoms with van der Waals surface area (Å²) in [5, 5.41) is 13.8. The number of aryl methyl sites for hydroxylation is 2. The second-order valence-electron chi connectivity index (χ2n) is 4.89. The molecule has 3 rings (SSSR count). The number of nitrogens with two attached hydrogens (primary N) is 1. The average molecular weight is 278 g/mol. The van der Waals surface area contributed by atoms with Crippen LogP contribution in [0.1, 0.15) is 36.1 Å². The number of thioether (sulfide) groups is 1. The molecular formula is C12H18N6S. The summed E-state index contributed by atoms with van der Waals surface area (Å²) in [5.74, 6) is 1.75. The summed E-state index contributed by atoms with van der Waals surface area (Å²) >= 11 is 1.71.